The van der Waals surface area contributed by atoms with Crippen LogP contribution in [-0.2, 0) is 4.79 Å². The van der Waals surface area contributed by atoms with Gasteiger partial charge in [-0.05, 0) is 44.2 Å². The van der Waals surface area contributed by atoms with E-state index in [1.165, 1.54) is 0 Å². The van der Waals surface area contributed by atoms with Gasteiger partial charge in [0.2, 0.25) is 5.91 Å². The lowest BCUT2D eigenvalue weighted by Gasteiger charge is -2.29. The van der Waals surface area contributed by atoms with Gasteiger partial charge < -0.3 is 15.8 Å². The quantitative estimate of drug-likeness (QED) is 0.726. The van der Waals surface area contributed by atoms with E-state index in [1.54, 1.807) is 6.07 Å². The van der Waals surface area contributed by atoms with Crippen LogP contribution < -0.4 is 15.8 Å². The molecule has 1 aromatic carbocycles. The topological polar surface area (TPSA) is 64.3 Å². The maximum atomic E-state index is 12.0. The molecule has 116 valence electrons. The molecule has 0 heterocycles. The highest BCUT2D eigenvalue weighted by atomic mass is 35.5. The number of hydrogen-bond donors (Lipinski definition) is 2. The summed E-state index contributed by atoms with van der Waals surface area (Å²) in [6, 6.07) is 7.33. The van der Waals surface area contributed by atoms with Gasteiger partial charge in [0.05, 0.1) is 17.2 Å². The molecule has 2 rings (SSSR count). The first-order valence-corrected chi connectivity index (χ1v) is 7.81. The van der Waals surface area contributed by atoms with Crippen LogP contribution in [0.2, 0.25) is 5.02 Å². The largest absolute Gasteiger partial charge is 0.492 e. The summed E-state index contributed by atoms with van der Waals surface area (Å²) in [5, 5.41) is 3.66. The standard InChI is InChI=1S/C16H23ClN2O2/c1-16(11-18,12-8-9-12)19-15(20)7-4-10-21-14-6-3-2-5-13(14)17/h2-3,5-6,12H,4,7-11,18H2,1H3,(H,19,20). The summed E-state index contributed by atoms with van der Waals surface area (Å²) in [7, 11) is 0. The summed E-state index contributed by atoms with van der Waals surface area (Å²) in [6.45, 7) is 2.99. The molecule has 0 saturated heterocycles. The minimum atomic E-state index is -0.249. The van der Waals surface area contributed by atoms with Gasteiger partial charge in [0, 0.05) is 13.0 Å². The van der Waals surface area contributed by atoms with Crippen LogP contribution in [0.3, 0.4) is 0 Å². The van der Waals surface area contributed by atoms with Crippen molar-refractivity contribution in [1.82, 2.24) is 5.32 Å². The van der Waals surface area contributed by atoms with Gasteiger partial charge in [-0.3, -0.25) is 4.79 Å². The van der Waals surface area contributed by atoms with E-state index in [9.17, 15) is 4.79 Å². The molecule has 0 radical (unpaired) electrons. The van der Waals surface area contributed by atoms with Crippen molar-refractivity contribution in [3.05, 3.63) is 29.3 Å². The van der Waals surface area contributed by atoms with Gasteiger partial charge in [-0.15, -0.1) is 0 Å². The zero-order chi connectivity index (χ0) is 15.3. The van der Waals surface area contributed by atoms with E-state index >= 15 is 0 Å². The van der Waals surface area contributed by atoms with Crippen LogP contribution in [0.1, 0.15) is 32.6 Å². The Bertz CT molecular complexity index is 491. The first kappa shape index (κ1) is 16.1. The third-order valence-corrected chi connectivity index (χ3v) is 4.28. The van der Waals surface area contributed by atoms with Crippen LogP contribution in [0.25, 0.3) is 0 Å². The highest BCUT2D eigenvalue weighted by molar-refractivity contribution is 6.32. The molecule has 0 bridgehead atoms. The molecule has 1 aromatic rings. The first-order chi connectivity index (χ1) is 10.0. The van der Waals surface area contributed by atoms with E-state index in [0.29, 0.717) is 42.7 Å². The van der Waals surface area contributed by atoms with E-state index in [4.69, 9.17) is 22.1 Å². The highest BCUT2D eigenvalue weighted by Crippen LogP contribution is 2.39. The average Bonchev–Trinajstić information content (AvgIpc) is 3.30. The first-order valence-electron chi connectivity index (χ1n) is 7.43. The molecule has 1 amide bonds. The van der Waals surface area contributed by atoms with Crippen molar-refractivity contribution in [3.8, 4) is 5.75 Å². The van der Waals surface area contributed by atoms with Gasteiger partial charge in [0.1, 0.15) is 5.75 Å². The van der Waals surface area contributed by atoms with Crippen molar-refractivity contribution in [1.29, 1.82) is 0 Å². The average molecular weight is 311 g/mol. The summed E-state index contributed by atoms with van der Waals surface area (Å²) in [5.74, 6) is 1.23. The molecule has 5 heteroatoms. The lowest BCUT2D eigenvalue weighted by Crippen LogP contribution is -2.53. The molecule has 0 spiro atoms. The third-order valence-electron chi connectivity index (χ3n) is 3.97. The number of para-hydroxylation sites is 1. The summed E-state index contributed by atoms with van der Waals surface area (Å²) in [5.41, 5.74) is 5.54. The second-order valence-electron chi connectivity index (χ2n) is 5.83. The summed E-state index contributed by atoms with van der Waals surface area (Å²) in [4.78, 5) is 12.0. The molecule has 4 nitrogen and oxygen atoms in total. The molecule has 1 aliphatic carbocycles. The van der Waals surface area contributed by atoms with E-state index < -0.39 is 0 Å². The molecule has 1 atom stereocenters. The van der Waals surface area contributed by atoms with Crippen molar-refractivity contribution < 1.29 is 9.53 Å². The van der Waals surface area contributed by atoms with Crippen molar-refractivity contribution in [2.24, 2.45) is 11.7 Å². The Morgan fingerprint density at radius 2 is 2.19 bits per heavy atom. The monoisotopic (exact) mass is 310 g/mol. The Labute approximate surface area is 131 Å². The Hall–Kier alpha value is -1.26. The number of hydrogen-bond acceptors (Lipinski definition) is 3. The maximum Gasteiger partial charge on any atom is 0.220 e. The van der Waals surface area contributed by atoms with Gasteiger partial charge in [-0.2, -0.15) is 0 Å². The second-order valence-corrected chi connectivity index (χ2v) is 6.23. The number of carbonyl (C=O) groups is 1. The fourth-order valence-corrected chi connectivity index (χ4v) is 2.59. The van der Waals surface area contributed by atoms with E-state index in [0.717, 1.165) is 12.8 Å². The summed E-state index contributed by atoms with van der Waals surface area (Å²) < 4.78 is 5.57. The molecule has 0 aromatic heterocycles. The van der Waals surface area contributed by atoms with Gasteiger partial charge >= 0.3 is 0 Å². The van der Waals surface area contributed by atoms with E-state index in [2.05, 4.69) is 5.32 Å². The molecule has 21 heavy (non-hydrogen) atoms. The number of rotatable bonds is 8. The third kappa shape index (κ3) is 4.61. The van der Waals surface area contributed by atoms with Gasteiger partial charge in [0.25, 0.3) is 0 Å². The Morgan fingerprint density at radius 1 is 1.48 bits per heavy atom. The smallest absolute Gasteiger partial charge is 0.220 e. The molecular formula is C16H23ClN2O2. The Balaban J connectivity index is 1.69. The maximum absolute atomic E-state index is 12.0. The normalized spacial score (nSPS) is 17.1. The number of nitrogens with one attached hydrogen (secondary N) is 1. The van der Waals surface area contributed by atoms with Crippen LogP contribution >= 0.6 is 11.6 Å². The lowest BCUT2D eigenvalue weighted by molar-refractivity contribution is -0.123. The molecule has 3 N–H and O–H groups in total. The Kier molecular flexibility index (Phi) is 5.48. The van der Waals surface area contributed by atoms with Crippen molar-refractivity contribution in [3.63, 3.8) is 0 Å². The van der Waals surface area contributed by atoms with Crippen LogP contribution in [0, 0.1) is 5.92 Å². The van der Waals surface area contributed by atoms with Crippen molar-refractivity contribution in [2.75, 3.05) is 13.2 Å². The summed E-state index contributed by atoms with van der Waals surface area (Å²) >= 11 is 6.00. The zero-order valence-electron chi connectivity index (χ0n) is 12.4. The second kappa shape index (κ2) is 7.14. The number of benzene rings is 1. The lowest BCUT2D eigenvalue weighted by atomic mass is 9.95. The number of carbonyl (C=O) groups excluding carboxylic acids is 1. The number of halogens is 1. The van der Waals surface area contributed by atoms with E-state index in [1.807, 2.05) is 25.1 Å². The van der Waals surface area contributed by atoms with E-state index in [-0.39, 0.29) is 11.4 Å². The fourth-order valence-electron chi connectivity index (χ4n) is 2.40. The fraction of sp³-hybridized carbons (Fsp3) is 0.562. The van der Waals surface area contributed by atoms with Crippen LogP contribution in [0.5, 0.6) is 5.75 Å². The SMILES string of the molecule is CC(CN)(NC(=O)CCCOc1ccccc1Cl)C1CC1. The van der Waals surface area contributed by atoms with Gasteiger partial charge in [-0.1, -0.05) is 23.7 Å². The molecule has 1 fully saturated rings. The van der Waals surface area contributed by atoms with Crippen LogP contribution in [0.15, 0.2) is 24.3 Å². The predicted molar refractivity (Wildman–Crippen MR) is 84.5 cm³/mol. The number of amides is 1. The highest BCUT2D eigenvalue weighted by Gasteiger charge is 2.41. The molecule has 1 saturated carbocycles. The van der Waals surface area contributed by atoms with Gasteiger partial charge in [-0.25, -0.2) is 0 Å². The minimum absolute atomic E-state index is 0.0395. The Morgan fingerprint density at radius 3 is 2.81 bits per heavy atom. The zero-order valence-corrected chi connectivity index (χ0v) is 13.2. The van der Waals surface area contributed by atoms with Crippen molar-refractivity contribution >= 4 is 17.5 Å². The molecule has 1 aliphatic rings. The number of ether oxygens (including phenoxy) is 1. The summed E-state index contributed by atoms with van der Waals surface area (Å²) in [6.07, 6.45) is 3.41. The minimum Gasteiger partial charge on any atom is -0.492 e. The molecule has 1 unspecified atom stereocenters. The van der Waals surface area contributed by atoms with Crippen LogP contribution in [0.4, 0.5) is 0 Å². The molecule has 0 aliphatic heterocycles. The predicted octanol–water partition coefficient (Wildman–Crippen LogP) is 2.74. The van der Waals surface area contributed by atoms with Gasteiger partial charge in [0.15, 0.2) is 0 Å². The molecular weight excluding hydrogens is 288 g/mol. The van der Waals surface area contributed by atoms with Crippen molar-refractivity contribution in [2.45, 2.75) is 38.1 Å². The van der Waals surface area contributed by atoms with Crippen LogP contribution in [-0.4, -0.2) is 24.6 Å². The number of nitrogens with two attached hydrogens (primary N) is 1.